The van der Waals surface area contributed by atoms with Crippen molar-refractivity contribution in [2.75, 3.05) is 5.32 Å². The summed E-state index contributed by atoms with van der Waals surface area (Å²) >= 11 is 1.14. The highest BCUT2D eigenvalue weighted by Crippen LogP contribution is 2.39. The van der Waals surface area contributed by atoms with Gasteiger partial charge in [0.05, 0.1) is 5.69 Å². The summed E-state index contributed by atoms with van der Waals surface area (Å²) in [5, 5.41) is 10.3. The summed E-state index contributed by atoms with van der Waals surface area (Å²) in [6.45, 7) is 4.53. The highest BCUT2D eigenvalue weighted by molar-refractivity contribution is 7.91. The quantitative estimate of drug-likeness (QED) is 0.886. The van der Waals surface area contributed by atoms with E-state index in [4.69, 9.17) is 9.88 Å². The number of sulfonamides is 1. The molecular formula is C16H20N2O3S2. The topological polar surface area (TPSA) is 81.4 Å². The normalized spacial score (nSPS) is 16.5. The molecule has 1 aliphatic rings. The molecule has 0 saturated heterocycles. The molecule has 0 aliphatic carbocycles. The van der Waals surface area contributed by atoms with Crippen LogP contribution in [0, 0.1) is 0 Å². The average Bonchev–Trinajstić information content (AvgIpc) is 2.93. The first-order valence-electron chi connectivity index (χ1n) is 7.40. The molecule has 0 radical (unpaired) electrons. The van der Waals surface area contributed by atoms with Gasteiger partial charge in [0.15, 0.2) is 0 Å². The molecule has 2 heterocycles. The Hall–Kier alpha value is -1.57. The van der Waals surface area contributed by atoms with Crippen molar-refractivity contribution in [1.29, 1.82) is 0 Å². The van der Waals surface area contributed by atoms with Gasteiger partial charge in [-0.25, -0.2) is 13.6 Å². The number of anilines is 1. The van der Waals surface area contributed by atoms with Gasteiger partial charge in [0.25, 0.3) is 0 Å². The van der Waals surface area contributed by atoms with Gasteiger partial charge in [0, 0.05) is 12.1 Å². The van der Waals surface area contributed by atoms with Crippen molar-refractivity contribution in [3.8, 4) is 5.75 Å². The van der Waals surface area contributed by atoms with Crippen LogP contribution < -0.4 is 15.2 Å². The Labute approximate surface area is 140 Å². The van der Waals surface area contributed by atoms with Crippen LogP contribution in [0.1, 0.15) is 31.4 Å². The second kappa shape index (κ2) is 5.81. The van der Waals surface area contributed by atoms with E-state index >= 15 is 0 Å². The summed E-state index contributed by atoms with van der Waals surface area (Å²) in [6, 6.07) is 7.77. The molecule has 0 atom stereocenters. The molecule has 0 spiro atoms. The number of nitrogens with two attached hydrogens (primary N) is 1. The predicted octanol–water partition coefficient (Wildman–Crippen LogP) is 3.11. The molecule has 5 nitrogen and oxygen atoms in total. The molecule has 2 aromatic rings. The van der Waals surface area contributed by atoms with Crippen LogP contribution in [0.3, 0.4) is 0 Å². The SMILES string of the molecule is CC1(C)CCc2cccc(NCc3ccsc3S(N)(=O)=O)c2O1. The van der Waals surface area contributed by atoms with Gasteiger partial charge in [0.1, 0.15) is 15.6 Å². The minimum absolute atomic E-state index is 0.196. The molecule has 7 heteroatoms. The lowest BCUT2D eigenvalue weighted by Gasteiger charge is -2.33. The predicted molar refractivity (Wildman–Crippen MR) is 92.5 cm³/mol. The van der Waals surface area contributed by atoms with E-state index < -0.39 is 10.0 Å². The standard InChI is InChI=1S/C16H20N2O3S2/c1-16(2)8-6-11-4-3-5-13(14(11)21-16)18-10-12-7-9-22-15(12)23(17,19)20/h3-5,7,9,18H,6,8,10H2,1-2H3,(H2,17,19,20). The molecule has 0 fully saturated rings. The fourth-order valence-electron chi connectivity index (χ4n) is 2.70. The Balaban J connectivity index is 1.84. The molecule has 1 aliphatic heterocycles. The van der Waals surface area contributed by atoms with E-state index in [0.29, 0.717) is 12.1 Å². The molecule has 3 N–H and O–H groups in total. The maximum absolute atomic E-state index is 11.6. The third-order valence-corrected chi connectivity index (χ3v) is 6.42. The molecule has 0 amide bonds. The number of nitrogens with one attached hydrogen (secondary N) is 1. The lowest BCUT2D eigenvalue weighted by atomic mass is 9.94. The number of hydrogen-bond acceptors (Lipinski definition) is 5. The van der Waals surface area contributed by atoms with Gasteiger partial charge in [-0.05, 0) is 49.8 Å². The number of benzene rings is 1. The van der Waals surface area contributed by atoms with Crippen molar-refractivity contribution in [2.45, 2.75) is 43.0 Å². The highest BCUT2D eigenvalue weighted by Gasteiger charge is 2.28. The summed E-state index contributed by atoms with van der Waals surface area (Å²) in [5.41, 5.74) is 2.53. The van der Waals surface area contributed by atoms with Crippen molar-refractivity contribution in [1.82, 2.24) is 0 Å². The molecule has 0 saturated carbocycles. The Morgan fingerprint density at radius 2 is 2.13 bits per heavy atom. The Kier molecular flexibility index (Phi) is 4.12. The number of fused-ring (bicyclic) bond motifs is 1. The molecular weight excluding hydrogens is 332 g/mol. The minimum Gasteiger partial charge on any atom is -0.485 e. The molecule has 0 bridgehead atoms. The van der Waals surface area contributed by atoms with Crippen molar-refractivity contribution in [3.63, 3.8) is 0 Å². The number of primary sulfonamides is 1. The maximum atomic E-state index is 11.6. The van der Waals surface area contributed by atoms with Gasteiger partial charge in [-0.15, -0.1) is 11.3 Å². The first-order valence-corrected chi connectivity index (χ1v) is 9.83. The van der Waals surface area contributed by atoms with Crippen LogP contribution in [0.25, 0.3) is 0 Å². The van der Waals surface area contributed by atoms with Crippen LogP contribution in [-0.4, -0.2) is 14.0 Å². The fraction of sp³-hybridized carbons (Fsp3) is 0.375. The van der Waals surface area contributed by atoms with Crippen molar-refractivity contribution in [3.05, 3.63) is 40.8 Å². The highest BCUT2D eigenvalue weighted by atomic mass is 32.2. The number of thiophene rings is 1. The second-order valence-corrected chi connectivity index (χ2v) is 8.96. The van der Waals surface area contributed by atoms with E-state index in [1.807, 2.05) is 12.1 Å². The first-order chi connectivity index (χ1) is 10.8. The zero-order chi connectivity index (χ0) is 16.7. The third kappa shape index (κ3) is 3.52. The van der Waals surface area contributed by atoms with Gasteiger partial charge in [-0.1, -0.05) is 12.1 Å². The maximum Gasteiger partial charge on any atom is 0.247 e. The van der Waals surface area contributed by atoms with Gasteiger partial charge < -0.3 is 10.1 Å². The summed E-state index contributed by atoms with van der Waals surface area (Å²) < 4.78 is 29.5. The van der Waals surface area contributed by atoms with Crippen molar-refractivity contribution < 1.29 is 13.2 Å². The van der Waals surface area contributed by atoms with Crippen LogP contribution in [0.5, 0.6) is 5.75 Å². The Morgan fingerprint density at radius 3 is 2.87 bits per heavy atom. The number of para-hydroxylation sites is 1. The first kappa shape index (κ1) is 16.3. The summed E-state index contributed by atoms with van der Waals surface area (Å²) in [6.07, 6.45) is 1.95. The van der Waals surface area contributed by atoms with Crippen LogP contribution in [0.15, 0.2) is 33.9 Å². The van der Waals surface area contributed by atoms with Crippen LogP contribution in [-0.2, 0) is 23.0 Å². The lowest BCUT2D eigenvalue weighted by molar-refractivity contribution is 0.0856. The van der Waals surface area contributed by atoms with Gasteiger partial charge >= 0.3 is 0 Å². The Bertz CT molecular complexity index is 826. The summed E-state index contributed by atoms with van der Waals surface area (Å²) in [4.78, 5) is 0. The number of aryl methyl sites for hydroxylation is 1. The number of ether oxygens (including phenoxy) is 1. The van der Waals surface area contributed by atoms with E-state index in [-0.39, 0.29) is 9.81 Å². The second-order valence-electron chi connectivity index (χ2n) is 6.29. The molecule has 23 heavy (non-hydrogen) atoms. The van der Waals surface area contributed by atoms with E-state index in [1.165, 1.54) is 5.56 Å². The third-order valence-electron chi connectivity index (χ3n) is 3.91. The molecule has 1 aromatic heterocycles. The Morgan fingerprint density at radius 1 is 1.35 bits per heavy atom. The summed E-state index contributed by atoms with van der Waals surface area (Å²) in [5.74, 6) is 0.858. The van der Waals surface area contributed by atoms with Gasteiger partial charge in [-0.2, -0.15) is 0 Å². The lowest BCUT2D eigenvalue weighted by Crippen LogP contribution is -2.33. The van der Waals surface area contributed by atoms with Gasteiger partial charge in [0.2, 0.25) is 10.0 Å². The van der Waals surface area contributed by atoms with E-state index in [9.17, 15) is 8.42 Å². The zero-order valence-corrected chi connectivity index (χ0v) is 14.8. The van der Waals surface area contributed by atoms with E-state index in [1.54, 1.807) is 11.4 Å². The molecule has 3 rings (SSSR count). The molecule has 124 valence electrons. The van der Waals surface area contributed by atoms with Crippen molar-refractivity contribution in [2.24, 2.45) is 5.14 Å². The van der Waals surface area contributed by atoms with Crippen LogP contribution in [0.4, 0.5) is 5.69 Å². The number of hydrogen-bond donors (Lipinski definition) is 2. The van der Waals surface area contributed by atoms with Crippen molar-refractivity contribution >= 4 is 27.0 Å². The molecule has 1 aromatic carbocycles. The van der Waals surface area contributed by atoms with E-state index in [2.05, 4.69) is 25.2 Å². The van der Waals surface area contributed by atoms with Crippen LogP contribution >= 0.6 is 11.3 Å². The summed E-state index contributed by atoms with van der Waals surface area (Å²) in [7, 11) is -3.68. The van der Waals surface area contributed by atoms with E-state index in [0.717, 1.165) is 35.6 Å². The fourth-order valence-corrected chi connectivity index (χ4v) is 4.55. The number of rotatable bonds is 4. The molecule has 0 unspecified atom stereocenters. The largest absolute Gasteiger partial charge is 0.485 e. The monoisotopic (exact) mass is 352 g/mol. The average molecular weight is 352 g/mol. The van der Waals surface area contributed by atoms with Gasteiger partial charge in [-0.3, -0.25) is 0 Å². The zero-order valence-electron chi connectivity index (χ0n) is 13.1. The minimum atomic E-state index is -3.68. The smallest absolute Gasteiger partial charge is 0.247 e. The van der Waals surface area contributed by atoms with Crippen LogP contribution in [0.2, 0.25) is 0 Å².